The molecule has 0 aromatic heterocycles. The van der Waals surface area contributed by atoms with Gasteiger partial charge in [0.1, 0.15) is 11.5 Å². The van der Waals surface area contributed by atoms with Gasteiger partial charge in [0, 0.05) is 0 Å². The number of rotatable bonds is 0. The zero-order chi connectivity index (χ0) is 22.2. The van der Waals surface area contributed by atoms with Crippen molar-refractivity contribution in [3.63, 3.8) is 0 Å². The van der Waals surface area contributed by atoms with E-state index in [0.717, 1.165) is 22.3 Å². The van der Waals surface area contributed by atoms with Crippen LogP contribution in [0.4, 0.5) is 0 Å². The average molecular weight is 490 g/mol. The van der Waals surface area contributed by atoms with Gasteiger partial charge in [-0.2, -0.15) is 49.2 Å². The van der Waals surface area contributed by atoms with E-state index in [2.05, 4.69) is 13.8 Å². The van der Waals surface area contributed by atoms with Crippen LogP contribution in [0.1, 0.15) is 22.3 Å². The SMILES string of the molecule is Cc1ccccc1O.Cc1ccccc1O.[CH2-]c1ccccc1.[CH2-]c1ccccc1.[Zr+2]. The predicted octanol–water partition coefficient (Wildman–Crippen LogP) is 7.14. The van der Waals surface area contributed by atoms with Crippen LogP contribution in [0.5, 0.6) is 11.5 Å². The second-order valence-electron chi connectivity index (χ2n) is 6.54. The Kier molecular flexibility index (Phi) is 15.3. The first kappa shape index (κ1) is 28.1. The van der Waals surface area contributed by atoms with Crippen LogP contribution in [-0.4, -0.2) is 10.2 Å². The van der Waals surface area contributed by atoms with Crippen LogP contribution in [-0.2, 0) is 26.2 Å². The molecule has 0 aliphatic heterocycles. The van der Waals surface area contributed by atoms with Gasteiger partial charge in [-0.25, -0.2) is 0 Å². The standard InChI is InChI=1S/2C7H8O.2C7H7.Zr/c2*1-6-4-2-3-5-7(6)8;2*1-7-5-3-2-4-6-7;/h2*2-5,8H,1H3;2*2-6H,1H2;/q;;2*-1;+2. The van der Waals surface area contributed by atoms with Gasteiger partial charge in [0.2, 0.25) is 0 Å². The summed E-state index contributed by atoms with van der Waals surface area (Å²) in [7, 11) is 0. The first-order valence-corrected chi connectivity index (χ1v) is 9.63. The summed E-state index contributed by atoms with van der Waals surface area (Å²) in [4.78, 5) is 0. The fourth-order valence-corrected chi connectivity index (χ4v) is 2.08. The van der Waals surface area contributed by atoms with Crippen molar-refractivity contribution in [1.82, 2.24) is 0 Å². The summed E-state index contributed by atoms with van der Waals surface area (Å²) in [6.07, 6.45) is 0. The summed E-state index contributed by atoms with van der Waals surface area (Å²) >= 11 is 0. The smallest absolute Gasteiger partial charge is 0.508 e. The second-order valence-corrected chi connectivity index (χ2v) is 6.54. The van der Waals surface area contributed by atoms with Crippen LogP contribution in [0.2, 0.25) is 0 Å². The van der Waals surface area contributed by atoms with Gasteiger partial charge in [0.05, 0.1) is 0 Å². The van der Waals surface area contributed by atoms with E-state index in [1.54, 1.807) is 12.1 Å². The van der Waals surface area contributed by atoms with Crippen LogP contribution < -0.4 is 0 Å². The Labute approximate surface area is 206 Å². The molecule has 0 amide bonds. The maximum Gasteiger partial charge on any atom is 2.00 e. The maximum absolute atomic E-state index is 8.92. The zero-order valence-electron chi connectivity index (χ0n) is 18.2. The molecule has 0 heterocycles. The molecule has 0 unspecified atom stereocenters. The molecular weight excluding hydrogens is 460 g/mol. The van der Waals surface area contributed by atoms with E-state index in [4.69, 9.17) is 10.2 Å². The molecule has 0 saturated carbocycles. The monoisotopic (exact) mass is 488 g/mol. The number of benzene rings is 4. The Morgan fingerprint density at radius 1 is 0.452 bits per heavy atom. The molecule has 0 aliphatic rings. The summed E-state index contributed by atoms with van der Waals surface area (Å²) in [5.74, 6) is 0.736. The van der Waals surface area contributed by atoms with E-state index in [1.165, 1.54) is 0 Å². The Hall–Kier alpha value is -2.90. The first-order valence-electron chi connectivity index (χ1n) is 9.63. The number of aromatic hydroxyl groups is 2. The fourth-order valence-electron chi connectivity index (χ4n) is 2.08. The molecule has 4 rings (SSSR count). The predicted molar refractivity (Wildman–Crippen MR) is 127 cm³/mol. The summed E-state index contributed by atoms with van der Waals surface area (Å²) in [5.41, 5.74) is 3.99. The Morgan fingerprint density at radius 3 is 0.871 bits per heavy atom. The van der Waals surface area contributed by atoms with Gasteiger partial charge >= 0.3 is 26.2 Å². The van der Waals surface area contributed by atoms with Crippen molar-refractivity contribution >= 4 is 0 Å². The minimum atomic E-state index is 0. The zero-order valence-corrected chi connectivity index (χ0v) is 20.7. The number of hydrogen-bond donors (Lipinski definition) is 2. The molecule has 0 saturated heterocycles. The Morgan fingerprint density at radius 2 is 0.710 bits per heavy atom. The average Bonchev–Trinajstić information content (AvgIpc) is 2.75. The summed E-state index contributed by atoms with van der Waals surface area (Å²) in [6, 6.07) is 34.3. The quantitative estimate of drug-likeness (QED) is 0.258. The van der Waals surface area contributed by atoms with Crippen molar-refractivity contribution in [2.75, 3.05) is 0 Å². The van der Waals surface area contributed by atoms with Crippen LogP contribution in [0, 0.1) is 27.7 Å². The van der Waals surface area contributed by atoms with Gasteiger partial charge in [-0.3, -0.25) is 0 Å². The van der Waals surface area contributed by atoms with Gasteiger partial charge < -0.3 is 10.2 Å². The number of hydrogen-bond acceptors (Lipinski definition) is 2. The molecule has 0 atom stereocenters. The third kappa shape index (κ3) is 13.9. The van der Waals surface area contributed by atoms with Crippen molar-refractivity contribution in [1.29, 1.82) is 0 Å². The minimum Gasteiger partial charge on any atom is -0.508 e. The summed E-state index contributed by atoms with van der Waals surface area (Å²) in [5, 5.41) is 17.8. The van der Waals surface area contributed by atoms with E-state index in [0.29, 0.717) is 11.5 Å². The first-order chi connectivity index (χ1) is 14.4. The minimum absolute atomic E-state index is 0. The maximum atomic E-state index is 8.92. The third-order valence-electron chi connectivity index (χ3n) is 3.92. The molecular formula is C28H30O2Zr. The van der Waals surface area contributed by atoms with Crippen molar-refractivity contribution in [3.8, 4) is 11.5 Å². The normalized spacial score (nSPS) is 8.58. The molecule has 0 aliphatic carbocycles. The van der Waals surface area contributed by atoms with Crippen molar-refractivity contribution in [2.24, 2.45) is 0 Å². The van der Waals surface area contributed by atoms with Gasteiger partial charge in [-0.1, -0.05) is 48.5 Å². The fraction of sp³-hybridized carbons (Fsp3) is 0.0714. The van der Waals surface area contributed by atoms with Gasteiger partial charge in [0.15, 0.2) is 0 Å². The van der Waals surface area contributed by atoms with Gasteiger partial charge in [0.25, 0.3) is 0 Å². The Balaban J connectivity index is 0.000000384. The number of para-hydroxylation sites is 2. The van der Waals surface area contributed by atoms with E-state index in [-0.39, 0.29) is 26.2 Å². The molecule has 4 aromatic rings. The van der Waals surface area contributed by atoms with Crippen LogP contribution >= 0.6 is 0 Å². The molecule has 0 bridgehead atoms. The molecule has 0 fully saturated rings. The topological polar surface area (TPSA) is 40.5 Å². The van der Waals surface area contributed by atoms with E-state index in [9.17, 15) is 0 Å². The summed E-state index contributed by atoms with van der Waals surface area (Å²) < 4.78 is 0. The second kappa shape index (κ2) is 16.9. The molecule has 4 aromatic carbocycles. The largest absolute Gasteiger partial charge is 2.00 e. The number of phenolic OH excluding ortho intramolecular Hbond substituents is 2. The Bertz CT molecular complexity index is 832. The van der Waals surface area contributed by atoms with E-state index >= 15 is 0 Å². The number of phenols is 2. The van der Waals surface area contributed by atoms with Crippen molar-refractivity contribution in [2.45, 2.75) is 13.8 Å². The summed E-state index contributed by atoms with van der Waals surface area (Å²) in [6.45, 7) is 11.2. The molecule has 2 nitrogen and oxygen atoms in total. The number of aryl methyl sites for hydroxylation is 2. The van der Waals surface area contributed by atoms with Crippen molar-refractivity contribution < 1.29 is 36.4 Å². The molecule has 0 radical (unpaired) electrons. The van der Waals surface area contributed by atoms with E-state index < -0.39 is 0 Å². The van der Waals surface area contributed by atoms with E-state index in [1.807, 2.05) is 111 Å². The molecule has 158 valence electrons. The molecule has 3 heteroatoms. The van der Waals surface area contributed by atoms with Crippen LogP contribution in [0.15, 0.2) is 109 Å². The third-order valence-corrected chi connectivity index (χ3v) is 3.92. The van der Waals surface area contributed by atoms with Crippen LogP contribution in [0.3, 0.4) is 0 Å². The van der Waals surface area contributed by atoms with Gasteiger partial charge in [-0.15, -0.1) is 24.3 Å². The van der Waals surface area contributed by atoms with Crippen LogP contribution in [0.25, 0.3) is 0 Å². The van der Waals surface area contributed by atoms with Crippen molar-refractivity contribution in [3.05, 3.63) is 145 Å². The molecule has 0 spiro atoms. The molecule has 31 heavy (non-hydrogen) atoms. The van der Waals surface area contributed by atoms with Gasteiger partial charge in [-0.05, 0) is 37.1 Å². The molecule has 2 N–H and O–H groups in total.